The highest BCUT2D eigenvalue weighted by Gasteiger charge is 2.21. The van der Waals surface area contributed by atoms with Crippen molar-refractivity contribution in [1.29, 1.82) is 0 Å². The molecule has 1 aliphatic rings. The molecule has 0 spiro atoms. The summed E-state index contributed by atoms with van der Waals surface area (Å²) in [5.41, 5.74) is 1.98. The van der Waals surface area contributed by atoms with Crippen LogP contribution in [0.2, 0.25) is 0 Å². The number of benzene rings is 1. The van der Waals surface area contributed by atoms with Gasteiger partial charge in [-0.25, -0.2) is 0 Å². The van der Waals surface area contributed by atoms with E-state index < -0.39 is 0 Å². The van der Waals surface area contributed by atoms with E-state index in [9.17, 15) is 4.79 Å². The summed E-state index contributed by atoms with van der Waals surface area (Å²) in [4.78, 5) is 12.0. The molecule has 0 aliphatic heterocycles. The summed E-state index contributed by atoms with van der Waals surface area (Å²) in [7, 11) is 0. The fourth-order valence-corrected chi connectivity index (χ4v) is 3.02. The van der Waals surface area contributed by atoms with Crippen LogP contribution < -0.4 is 10.6 Å². The summed E-state index contributed by atoms with van der Waals surface area (Å²) in [6.07, 6.45) is 5.05. The van der Waals surface area contributed by atoms with Gasteiger partial charge in [0.1, 0.15) is 0 Å². The van der Waals surface area contributed by atoms with Crippen molar-refractivity contribution in [1.82, 2.24) is 5.32 Å². The molecule has 1 amide bonds. The van der Waals surface area contributed by atoms with Crippen LogP contribution in [-0.4, -0.2) is 18.5 Å². The van der Waals surface area contributed by atoms with Crippen LogP contribution in [-0.2, 0) is 4.79 Å². The van der Waals surface area contributed by atoms with E-state index in [0.717, 1.165) is 15.7 Å². The van der Waals surface area contributed by atoms with Gasteiger partial charge in [0, 0.05) is 16.2 Å². The van der Waals surface area contributed by atoms with Gasteiger partial charge in [-0.15, -0.1) is 0 Å². The Bertz CT molecular complexity index is 476. The molecule has 1 aromatic rings. The third-order valence-corrected chi connectivity index (χ3v) is 4.97. The molecule has 0 unspecified atom stereocenters. The van der Waals surface area contributed by atoms with E-state index in [1.807, 2.05) is 25.1 Å². The SMILES string of the molecule is Cc1cc(NC(=O)CN[C@H]2CCCC[C@@H]2C)ccc1Br. The number of carbonyl (C=O) groups excluding carboxylic acids is 1. The summed E-state index contributed by atoms with van der Waals surface area (Å²) in [5.74, 6) is 0.705. The Labute approximate surface area is 129 Å². The number of anilines is 1. The Balaban J connectivity index is 1.81. The van der Waals surface area contributed by atoms with Gasteiger partial charge in [0.2, 0.25) is 5.91 Å². The van der Waals surface area contributed by atoms with Crippen molar-refractivity contribution in [3.8, 4) is 0 Å². The Morgan fingerprint density at radius 1 is 1.35 bits per heavy atom. The molecule has 3 nitrogen and oxygen atoms in total. The maximum Gasteiger partial charge on any atom is 0.238 e. The second-order valence-electron chi connectivity index (χ2n) is 5.76. The van der Waals surface area contributed by atoms with Crippen LogP contribution in [0.3, 0.4) is 0 Å². The smallest absolute Gasteiger partial charge is 0.238 e. The molecule has 0 aromatic heterocycles. The molecule has 2 rings (SSSR count). The number of nitrogens with one attached hydrogen (secondary N) is 2. The number of amides is 1. The first-order valence-corrected chi connectivity index (χ1v) is 8.15. The lowest BCUT2D eigenvalue weighted by Crippen LogP contribution is -2.41. The predicted octanol–water partition coefficient (Wildman–Crippen LogP) is 3.86. The van der Waals surface area contributed by atoms with Gasteiger partial charge in [-0.05, 0) is 49.4 Å². The highest BCUT2D eigenvalue weighted by atomic mass is 79.9. The fraction of sp³-hybridized carbons (Fsp3) is 0.562. The first-order valence-electron chi connectivity index (χ1n) is 7.35. The largest absolute Gasteiger partial charge is 0.325 e. The lowest BCUT2D eigenvalue weighted by atomic mass is 9.86. The molecule has 1 fully saturated rings. The van der Waals surface area contributed by atoms with Gasteiger partial charge in [0.25, 0.3) is 0 Å². The highest BCUT2D eigenvalue weighted by Crippen LogP contribution is 2.23. The summed E-state index contributed by atoms with van der Waals surface area (Å²) in [6, 6.07) is 6.34. The van der Waals surface area contributed by atoms with Gasteiger partial charge in [-0.1, -0.05) is 35.7 Å². The van der Waals surface area contributed by atoms with Gasteiger partial charge >= 0.3 is 0 Å². The van der Waals surface area contributed by atoms with Gasteiger partial charge in [-0.3, -0.25) is 4.79 Å². The second kappa shape index (κ2) is 7.23. The summed E-state index contributed by atoms with van der Waals surface area (Å²) < 4.78 is 1.06. The third-order valence-electron chi connectivity index (χ3n) is 4.08. The number of halogens is 1. The first kappa shape index (κ1) is 15.5. The van der Waals surface area contributed by atoms with Crippen molar-refractivity contribution in [3.63, 3.8) is 0 Å². The number of hydrogen-bond donors (Lipinski definition) is 2. The Kier molecular flexibility index (Phi) is 5.61. The maximum atomic E-state index is 12.0. The standard InChI is InChI=1S/C16H23BrN2O/c1-11-5-3-4-6-15(11)18-10-16(20)19-13-7-8-14(17)12(2)9-13/h7-9,11,15,18H,3-6,10H2,1-2H3,(H,19,20)/t11-,15-/m0/s1. The van der Waals surface area contributed by atoms with Crippen molar-refractivity contribution in [2.45, 2.75) is 45.6 Å². The van der Waals surface area contributed by atoms with Crippen LogP contribution in [0.5, 0.6) is 0 Å². The fourth-order valence-electron chi connectivity index (χ4n) is 2.77. The molecule has 0 heterocycles. The molecule has 2 atom stereocenters. The zero-order valence-corrected chi connectivity index (χ0v) is 13.8. The summed E-state index contributed by atoms with van der Waals surface area (Å²) in [5, 5.41) is 6.34. The van der Waals surface area contributed by atoms with Crippen LogP contribution in [0.15, 0.2) is 22.7 Å². The van der Waals surface area contributed by atoms with Gasteiger partial charge in [0.05, 0.1) is 6.54 Å². The zero-order valence-electron chi connectivity index (χ0n) is 12.2. The third kappa shape index (κ3) is 4.32. The zero-order chi connectivity index (χ0) is 14.5. The molecule has 2 N–H and O–H groups in total. The molecule has 1 saturated carbocycles. The summed E-state index contributed by atoms with van der Waals surface area (Å²) >= 11 is 3.46. The first-order chi connectivity index (χ1) is 9.56. The van der Waals surface area contributed by atoms with Gasteiger partial charge in [0.15, 0.2) is 0 Å². The monoisotopic (exact) mass is 338 g/mol. The average molecular weight is 339 g/mol. The minimum Gasteiger partial charge on any atom is -0.325 e. The van der Waals surface area contributed by atoms with E-state index >= 15 is 0 Å². The van der Waals surface area contributed by atoms with E-state index in [1.165, 1.54) is 25.7 Å². The molecule has 20 heavy (non-hydrogen) atoms. The van der Waals surface area contributed by atoms with E-state index in [1.54, 1.807) is 0 Å². The van der Waals surface area contributed by atoms with Gasteiger partial charge < -0.3 is 10.6 Å². The van der Waals surface area contributed by atoms with Crippen molar-refractivity contribution < 1.29 is 4.79 Å². The number of hydrogen-bond acceptors (Lipinski definition) is 2. The van der Waals surface area contributed by atoms with Crippen LogP contribution in [0.4, 0.5) is 5.69 Å². The van der Waals surface area contributed by atoms with Crippen LogP contribution in [0, 0.1) is 12.8 Å². The van der Waals surface area contributed by atoms with E-state index in [0.29, 0.717) is 18.5 Å². The Morgan fingerprint density at radius 3 is 2.80 bits per heavy atom. The molecule has 1 aromatic carbocycles. The minimum atomic E-state index is 0.0319. The van der Waals surface area contributed by atoms with Crippen LogP contribution >= 0.6 is 15.9 Å². The molecule has 4 heteroatoms. The minimum absolute atomic E-state index is 0.0319. The second-order valence-corrected chi connectivity index (χ2v) is 6.62. The number of carbonyl (C=O) groups is 1. The molecular weight excluding hydrogens is 316 g/mol. The van der Waals surface area contributed by atoms with Crippen molar-refractivity contribution in [2.24, 2.45) is 5.92 Å². The van der Waals surface area contributed by atoms with Crippen LogP contribution in [0.1, 0.15) is 38.2 Å². The molecule has 0 radical (unpaired) electrons. The lowest BCUT2D eigenvalue weighted by Gasteiger charge is -2.29. The lowest BCUT2D eigenvalue weighted by molar-refractivity contribution is -0.115. The van der Waals surface area contributed by atoms with Crippen LogP contribution in [0.25, 0.3) is 0 Å². The molecule has 110 valence electrons. The highest BCUT2D eigenvalue weighted by molar-refractivity contribution is 9.10. The van der Waals surface area contributed by atoms with Crippen molar-refractivity contribution >= 4 is 27.5 Å². The molecule has 1 aliphatic carbocycles. The Hall–Kier alpha value is -0.870. The van der Waals surface area contributed by atoms with E-state index in [-0.39, 0.29) is 5.91 Å². The number of aryl methyl sites for hydroxylation is 1. The van der Waals surface area contributed by atoms with Crippen molar-refractivity contribution in [2.75, 3.05) is 11.9 Å². The van der Waals surface area contributed by atoms with Crippen molar-refractivity contribution in [3.05, 3.63) is 28.2 Å². The topological polar surface area (TPSA) is 41.1 Å². The molecule has 0 saturated heterocycles. The van der Waals surface area contributed by atoms with E-state index in [4.69, 9.17) is 0 Å². The summed E-state index contributed by atoms with van der Waals surface area (Å²) in [6.45, 7) is 4.68. The Morgan fingerprint density at radius 2 is 2.10 bits per heavy atom. The molecular formula is C16H23BrN2O. The van der Waals surface area contributed by atoms with Gasteiger partial charge in [-0.2, -0.15) is 0 Å². The predicted molar refractivity (Wildman–Crippen MR) is 86.9 cm³/mol. The quantitative estimate of drug-likeness (QED) is 0.874. The average Bonchev–Trinajstić information content (AvgIpc) is 2.42. The number of rotatable bonds is 4. The molecule has 0 bridgehead atoms. The van der Waals surface area contributed by atoms with E-state index in [2.05, 4.69) is 33.5 Å². The maximum absolute atomic E-state index is 12.0. The normalized spacial score (nSPS) is 22.6.